The van der Waals surface area contributed by atoms with Crippen LogP contribution >= 0.6 is 0 Å². The van der Waals surface area contributed by atoms with Gasteiger partial charge >= 0.3 is 0 Å². The van der Waals surface area contributed by atoms with Crippen molar-refractivity contribution in [3.8, 4) is 0 Å². The second-order valence-electron chi connectivity index (χ2n) is 6.05. The van der Waals surface area contributed by atoms with Gasteiger partial charge in [-0.25, -0.2) is 0 Å². The lowest BCUT2D eigenvalue weighted by Crippen LogP contribution is -2.40. The molecule has 0 bridgehead atoms. The predicted molar refractivity (Wildman–Crippen MR) is 84.6 cm³/mol. The largest absolute Gasteiger partial charge is 0.353 e. The van der Waals surface area contributed by atoms with Crippen LogP contribution in [0.4, 0.5) is 0 Å². The Morgan fingerprint density at radius 2 is 1.90 bits per heavy atom. The fraction of sp³-hybridized carbons (Fsp3) is 0.938. The summed E-state index contributed by atoms with van der Waals surface area (Å²) in [5.74, 6) is 0.707. The van der Waals surface area contributed by atoms with Crippen molar-refractivity contribution in [2.24, 2.45) is 11.7 Å². The molecule has 0 aliphatic heterocycles. The minimum absolute atomic E-state index is 0.211. The molecule has 1 saturated carbocycles. The summed E-state index contributed by atoms with van der Waals surface area (Å²) in [6.07, 6.45) is 7.46. The zero-order valence-corrected chi connectivity index (χ0v) is 13.4. The Morgan fingerprint density at radius 1 is 1.20 bits per heavy atom. The molecule has 0 heterocycles. The van der Waals surface area contributed by atoms with Crippen molar-refractivity contribution in [1.82, 2.24) is 10.2 Å². The molecule has 1 amide bonds. The van der Waals surface area contributed by atoms with Gasteiger partial charge < -0.3 is 16.0 Å². The van der Waals surface area contributed by atoms with Crippen LogP contribution in [-0.4, -0.2) is 43.0 Å². The van der Waals surface area contributed by atoms with Crippen LogP contribution in [0.3, 0.4) is 0 Å². The number of carbonyl (C=O) groups is 1. The lowest BCUT2D eigenvalue weighted by Gasteiger charge is -2.22. The zero-order valence-electron chi connectivity index (χ0n) is 13.4. The van der Waals surface area contributed by atoms with Crippen LogP contribution in [0.5, 0.6) is 0 Å². The van der Waals surface area contributed by atoms with Crippen LogP contribution in [0.1, 0.15) is 58.8 Å². The van der Waals surface area contributed by atoms with Gasteiger partial charge in [0.25, 0.3) is 0 Å². The normalized spacial score (nSPS) is 22.4. The number of hydrogen-bond acceptors (Lipinski definition) is 3. The number of amides is 1. The van der Waals surface area contributed by atoms with E-state index in [-0.39, 0.29) is 5.91 Å². The molecule has 0 aromatic rings. The quantitative estimate of drug-likeness (QED) is 0.646. The van der Waals surface area contributed by atoms with Crippen LogP contribution in [0.25, 0.3) is 0 Å². The Bertz CT molecular complexity index is 264. The molecule has 20 heavy (non-hydrogen) atoms. The first-order chi connectivity index (χ1) is 9.71. The molecular formula is C16H33N3O. The first-order valence-corrected chi connectivity index (χ1v) is 8.43. The Balaban J connectivity index is 2.18. The van der Waals surface area contributed by atoms with E-state index in [0.29, 0.717) is 24.9 Å². The van der Waals surface area contributed by atoms with Gasteiger partial charge in [0.05, 0.1) is 0 Å². The Morgan fingerprint density at radius 3 is 2.50 bits per heavy atom. The first kappa shape index (κ1) is 17.4. The highest BCUT2D eigenvalue weighted by atomic mass is 16.1. The molecule has 0 aromatic heterocycles. The average Bonchev–Trinajstić information content (AvgIpc) is 2.86. The van der Waals surface area contributed by atoms with Gasteiger partial charge in [0.15, 0.2) is 0 Å². The van der Waals surface area contributed by atoms with Gasteiger partial charge in [0.1, 0.15) is 0 Å². The summed E-state index contributed by atoms with van der Waals surface area (Å²) < 4.78 is 0. The number of rotatable bonds is 10. The third kappa shape index (κ3) is 6.23. The van der Waals surface area contributed by atoms with Crippen LogP contribution in [0.15, 0.2) is 0 Å². The van der Waals surface area contributed by atoms with Crippen LogP contribution in [-0.2, 0) is 4.79 Å². The molecule has 2 unspecified atom stereocenters. The third-order valence-electron chi connectivity index (χ3n) is 4.27. The molecule has 1 aliphatic rings. The van der Waals surface area contributed by atoms with E-state index in [2.05, 4.69) is 24.1 Å². The maximum Gasteiger partial charge on any atom is 0.220 e. The lowest BCUT2D eigenvalue weighted by molar-refractivity contribution is -0.122. The molecule has 1 fully saturated rings. The topological polar surface area (TPSA) is 58.4 Å². The maximum atomic E-state index is 12.0. The molecular weight excluding hydrogens is 250 g/mol. The fourth-order valence-electron chi connectivity index (χ4n) is 3.22. The molecule has 0 radical (unpaired) electrons. The molecule has 0 spiro atoms. The lowest BCUT2D eigenvalue weighted by atomic mass is 10.0. The highest BCUT2D eigenvalue weighted by Crippen LogP contribution is 2.24. The standard InChI is InChI=1S/C16H33N3O/c1-3-10-19(11-4-2)12-6-9-16(20)18-15-8-5-7-14(15)13-17/h14-15H,3-13,17H2,1-2H3,(H,18,20). The maximum absolute atomic E-state index is 12.0. The minimum atomic E-state index is 0.211. The van der Waals surface area contributed by atoms with E-state index < -0.39 is 0 Å². The molecule has 4 nitrogen and oxygen atoms in total. The zero-order chi connectivity index (χ0) is 14.8. The van der Waals surface area contributed by atoms with Crippen molar-refractivity contribution < 1.29 is 4.79 Å². The SMILES string of the molecule is CCCN(CCC)CCCC(=O)NC1CCCC1CN. The second kappa shape index (κ2) is 10.2. The Labute approximate surface area is 124 Å². The van der Waals surface area contributed by atoms with Crippen molar-refractivity contribution in [2.75, 3.05) is 26.2 Å². The van der Waals surface area contributed by atoms with Crippen LogP contribution in [0.2, 0.25) is 0 Å². The van der Waals surface area contributed by atoms with E-state index in [1.165, 1.54) is 25.7 Å². The average molecular weight is 283 g/mol. The van der Waals surface area contributed by atoms with E-state index in [1.54, 1.807) is 0 Å². The molecule has 0 aromatic carbocycles. The molecule has 118 valence electrons. The van der Waals surface area contributed by atoms with Gasteiger partial charge in [-0.3, -0.25) is 4.79 Å². The predicted octanol–water partition coefficient (Wildman–Crippen LogP) is 2.13. The molecule has 1 aliphatic carbocycles. The van der Waals surface area contributed by atoms with E-state index in [9.17, 15) is 4.79 Å². The summed E-state index contributed by atoms with van der Waals surface area (Å²) >= 11 is 0. The molecule has 0 saturated heterocycles. The summed E-state index contributed by atoms with van der Waals surface area (Å²) in [6.45, 7) is 8.46. The first-order valence-electron chi connectivity index (χ1n) is 8.43. The molecule has 3 N–H and O–H groups in total. The van der Waals surface area contributed by atoms with E-state index >= 15 is 0 Å². The van der Waals surface area contributed by atoms with Gasteiger partial charge in [0.2, 0.25) is 5.91 Å². The van der Waals surface area contributed by atoms with Gasteiger partial charge in [0, 0.05) is 12.5 Å². The summed E-state index contributed by atoms with van der Waals surface area (Å²) in [5, 5.41) is 3.18. The highest BCUT2D eigenvalue weighted by molar-refractivity contribution is 5.76. The number of nitrogens with zero attached hydrogens (tertiary/aromatic N) is 1. The number of nitrogens with two attached hydrogens (primary N) is 1. The summed E-state index contributed by atoms with van der Waals surface area (Å²) in [6, 6.07) is 0.329. The number of nitrogens with one attached hydrogen (secondary N) is 1. The number of carbonyl (C=O) groups excluding carboxylic acids is 1. The Kier molecular flexibility index (Phi) is 8.86. The smallest absolute Gasteiger partial charge is 0.220 e. The minimum Gasteiger partial charge on any atom is -0.353 e. The van der Waals surface area contributed by atoms with E-state index in [4.69, 9.17) is 5.73 Å². The molecule has 4 heteroatoms. The van der Waals surface area contributed by atoms with Gasteiger partial charge in [-0.1, -0.05) is 20.3 Å². The monoisotopic (exact) mass is 283 g/mol. The van der Waals surface area contributed by atoms with Crippen molar-refractivity contribution in [3.05, 3.63) is 0 Å². The van der Waals surface area contributed by atoms with Gasteiger partial charge in [-0.05, 0) is 64.2 Å². The van der Waals surface area contributed by atoms with Crippen LogP contribution in [0, 0.1) is 5.92 Å². The second-order valence-corrected chi connectivity index (χ2v) is 6.05. The van der Waals surface area contributed by atoms with Crippen molar-refractivity contribution in [2.45, 2.75) is 64.8 Å². The van der Waals surface area contributed by atoms with Crippen molar-refractivity contribution in [3.63, 3.8) is 0 Å². The summed E-state index contributed by atoms with van der Waals surface area (Å²) in [5.41, 5.74) is 5.75. The summed E-state index contributed by atoms with van der Waals surface area (Å²) in [7, 11) is 0. The fourth-order valence-corrected chi connectivity index (χ4v) is 3.22. The van der Waals surface area contributed by atoms with Crippen LogP contribution < -0.4 is 11.1 Å². The van der Waals surface area contributed by atoms with Crippen molar-refractivity contribution in [1.29, 1.82) is 0 Å². The Hall–Kier alpha value is -0.610. The van der Waals surface area contributed by atoms with E-state index in [0.717, 1.165) is 32.5 Å². The molecule has 2 atom stereocenters. The van der Waals surface area contributed by atoms with Crippen molar-refractivity contribution >= 4 is 5.91 Å². The third-order valence-corrected chi connectivity index (χ3v) is 4.27. The molecule has 1 rings (SSSR count). The van der Waals surface area contributed by atoms with E-state index in [1.807, 2.05) is 0 Å². The highest BCUT2D eigenvalue weighted by Gasteiger charge is 2.26. The number of hydrogen-bond donors (Lipinski definition) is 2. The summed E-state index contributed by atoms with van der Waals surface area (Å²) in [4.78, 5) is 14.5. The van der Waals surface area contributed by atoms with Gasteiger partial charge in [-0.2, -0.15) is 0 Å². The van der Waals surface area contributed by atoms with Gasteiger partial charge in [-0.15, -0.1) is 0 Å².